The molecule has 0 saturated carbocycles. The lowest BCUT2D eigenvalue weighted by Crippen LogP contribution is -2.15. The second-order valence-corrected chi connectivity index (χ2v) is 8.62. The first-order valence-corrected chi connectivity index (χ1v) is 11.0. The van der Waals surface area contributed by atoms with Gasteiger partial charge in [-0.2, -0.15) is 0 Å². The molecular formula is C21H22Cl2N4O2S. The highest BCUT2D eigenvalue weighted by atomic mass is 35.5. The molecule has 0 spiro atoms. The van der Waals surface area contributed by atoms with Gasteiger partial charge in [-0.1, -0.05) is 58.7 Å². The summed E-state index contributed by atoms with van der Waals surface area (Å²) in [6.07, 6.45) is -0.297. The molecule has 3 aromatic rings. The molecule has 0 radical (unpaired) electrons. The number of nitrogens with one attached hydrogen (secondary N) is 1. The molecule has 0 bridgehead atoms. The van der Waals surface area contributed by atoms with Crippen molar-refractivity contribution in [3.8, 4) is 5.75 Å². The summed E-state index contributed by atoms with van der Waals surface area (Å²) < 4.78 is 7.90. The quantitative estimate of drug-likeness (QED) is 0.460. The maximum absolute atomic E-state index is 12.3. The maximum Gasteiger partial charge on any atom is 0.234 e. The highest BCUT2D eigenvalue weighted by molar-refractivity contribution is 7.99. The van der Waals surface area contributed by atoms with E-state index in [0.29, 0.717) is 26.7 Å². The predicted molar refractivity (Wildman–Crippen MR) is 122 cm³/mol. The lowest BCUT2D eigenvalue weighted by Gasteiger charge is -2.16. The van der Waals surface area contributed by atoms with Gasteiger partial charge in [0.25, 0.3) is 0 Å². The fourth-order valence-corrected chi connectivity index (χ4v) is 4.11. The molecule has 1 unspecified atom stereocenters. The van der Waals surface area contributed by atoms with Crippen molar-refractivity contribution >= 4 is 46.6 Å². The highest BCUT2D eigenvalue weighted by Gasteiger charge is 2.19. The second-order valence-electron chi connectivity index (χ2n) is 6.86. The molecule has 0 aliphatic heterocycles. The van der Waals surface area contributed by atoms with Gasteiger partial charge in [-0.3, -0.25) is 4.79 Å². The third kappa shape index (κ3) is 5.28. The number of para-hydroxylation sites is 1. The third-order valence-corrected chi connectivity index (χ3v) is 6.08. The Labute approximate surface area is 189 Å². The monoisotopic (exact) mass is 464 g/mol. The Morgan fingerprint density at radius 2 is 1.90 bits per heavy atom. The van der Waals surface area contributed by atoms with E-state index in [-0.39, 0.29) is 17.8 Å². The molecule has 1 atom stereocenters. The van der Waals surface area contributed by atoms with E-state index in [1.807, 2.05) is 44.5 Å². The van der Waals surface area contributed by atoms with E-state index in [9.17, 15) is 4.79 Å². The molecule has 3 rings (SSSR count). The minimum atomic E-state index is -0.297. The minimum absolute atomic E-state index is 0.139. The molecule has 2 aromatic carbocycles. The summed E-state index contributed by atoms with van der Waals surface area (Å²) in [5.41, 5.74) is 2.65. The number of nitrogens with zero attached hydrogens (tertiary/aromatic N) is 3. The minimum Gasteiger partial charge on any atom is -0.482 e. The summed E-state index contributed by atoms with van der Waals surface area (Å²) in [6.45, 7) is 5.98. The van der Waals surface area contributed by atoms with Crippen molar-refractivity contribution in [2.45, 2.75) is 32.0 Å². The highest BCUT2D eigenvalue weighted by Crippen LogP contribution is 2.30. The van der Waals surface area contributed by atoms with Gasteiger partial charge in [0.1, 0.15) is 5.75 Å². The summed E-state index contributed by atoms with van der Waals surface area (Å²) in [6, 6.07) is 11.1. The zero-order valence-corrected chi connectivity index (χ0v) is 19.4. The number of amides is 1. The van der Waals surface area contributed by atoms with Crippen LogP contribution in [0.4, 0.5) is 5.69 Å². The topological polar surface area (TPSA) is 69.0 Å². The van der Waals surface area contributed by atoms with Crippen LogP contribution in [0.1, 0.15) is 30.0 Å². The molecule has 158 valence electrons. The number of ether oxygens (including phenoxy) is 1. The molecule has 1 N–H and O–H groups in total. The van der Waals surface area contributed by atoms with Crippen LogP contribution in [0, 0.1) is 13.8 Å². The number of rotatable bonds is 7. The molecule has 9 heteroatoms. The van der Waals surface area contributed by atoms with E-state index in [1.165, 1.54) is 17.3 Å². The van der Waals surface area contributed by atoms with E-state index in [4.69, 9.17) is 27.9 Å². The van der Waals surface area contributed by atoms with Gasteiger partial charge in [0.05, 0.1) is 21.5 Å². The van der Waals surface area contributed by atoms with Crippen molar-refractivity contribution in [3.05, 3.63) is 63.4 Å². The Bertz CT molecular complexity index is 1050. The lowest BCUT2D eigenvalue weighted by molar-refractivity contribution is -0.113. The Morgan fingerprint density at radius 1 is 1.20 bits per heavy atom. The largest absolute Gasteiger partial charge is 0.482 e. The van der Waals surface area contributed by atoms with Crippen LogP contribution in [0.3, 0.4) is 0 Å². The number of halogens is 2. The van der Waals surface area contributed by atoms with E-state index in [0.717, 1.165) is 11.3 Å². The Hall–Kier alpha value is -2.22. The van der Waals surface area contributed by atoms with Crippen LogP contribution in [0.2, 0.25) is 10.0 Å². The number of aromatic nitrogens is 3. The normalized spacial score (nSPS) is 11.9. The Kier molecular flexibility index (Phi) is 7.28. The number of hydrogen-bond acceptors (Lipinski definition) is 5. The van der Waals surface area contributed by atoms with E-state index in [2.05, 4.69) is 21.6 Å². The number of aryl methyl sites for hydroxylation is 2. The van der Waals surface area contributed by atoms with E-state index >= 15 is 0 Å². The summed E-state index contributed by atoms with van der Waals surface area (Å²) in [7, 11) is 1.85. The van der Waals surface area contributed by atoms with Gasteiger partial charge in [-0.05, 0) is 44.5 Å². The number of benzene rings is 2. The third-order valence-electron chi connectivity index (χ3n) is 4.43. The standard InChI is InChI=1S/C21H22Cl2N4O2S/c1-12-8-9-17(13(2)10-12)29-14(3)20-25-26-21(27(20)4)30-11-18(28)24-19-15(22)6-5-7-16(19)23/h5-10,14H,11H2,1-4H3,(H,24,28). The fourth-order valence-electron chi connectivity index (χ4n) is 2.90. The molecule has 0 saturated heterocycles. The average molecular weight is 465 g/mol. The smallest absolute Gasteiger partial charge is 0.234 e. The molecule has 0 fully saturated rings. The Morgan fingerprint density at radius 3 is 2.57 bits per heavy atom. The SMILES string of the molecule is Cc1ccc(OC(C)c2nnc(SCC(=O)Nc3c(Cl)cccc3Cl)n2C)c(C)c1. The predicted octanol–water partition coefficient (Wildman–Crippen LogP) is 5.61. The first-order chi connectivity index (χ1) is 14.3. The second kappa shape index (κ2) is 9.73. The maximum atomic E-state index is 12.3. The molecule has 0 aliphatic rings. The van der Waals surface area contributed by atoms with Crippen LogP contribution in [-0.2, 0) is 11.8 Å². The van der Waals surface area contributed by atoms with Gasteiger partial charge in [-0.25, -0.2) is 0 Å². The van der Waals surface area contributed by atoms with Gasteiger partial charge >= 0.3 is 0 Å². The first-order valence-electron chi connectivity index (χ1n) is 9.26. The van der Waals surface area contributed by atoms with Crippen LogP contribution in [0.5, 0.6) is 5.75 Å². The average Bonchev–Trinajstić information content (AvgIpc) is 3.06. The number of carbonyl (C=O) groups excluding carboxylic acids is 1. The summed E-state index contributed by atoms with van der Waals surface area (Å²) >= 11 is 13.5. The zero-order chi connectivity index (χ0) is 21.8. The fraction of sp³-hybridized carbons (Fsp3) is 0.286. The van der Waals surface area contributed by atoms with Crippen molar-refractivity contribution in [2.24, 2.45) is 7.05 Å². The molecule has 1 aromatic heterocycles. The van der Waals surface area contributed by atoms with Gasteiger partial charge in [-0.15, -0.1) is 10.2 Å². The Balaban J connectivity index is 1.63. The molecule has 30 heavy (non-hydrogen) atoms. The number of thioether (sulfide) groups is 1. The molecule has 1 amide bonds. The van der Waals surface area contributed by atoms with Gasteiger partial charge in [0.15, 0.2) is 17.1 Å². The number of carbonyl (C=O) groups is 1. The van der Waals surface area contributed by atoms with Gasteiger partial charge in [0, 0.05) is 7.05 Å². The van der Waals surface area contributed by atoms with Gasteiger partial charge in [0.2, 0.25) is 5.91 Å². The zero-order valence-electron chi connectivity index (χ0n) is 17.1. The van der Waals surface area contributed by atoms with Crippen LogP contribution < -0.4 is 10.1 Å². The lowest BCUT2D eigenvalue weighted by atomic mass is 10.1. The van der Waals surface area contributed by atoms with Crippen LogP contribution in [0.15, 0.2) is 41.6 Å². The van der Waals surface area contributed by atoms with Crippen LogP contribution in [-0.4, -0.2) is 26.4 Å². The van der Waals surface area contributed by atoms with Crippen molar-refractivity contribution in [1.29, 1.82) is 0 Å². The molecule has 1 heterocycles. The van der Waals surface area contributed by atoms with Crippen molar-refractivity contribution in [1.82, 2.24) is 14.8 Å². The number of hydrogen-bond donors (Lipinski definition) is 1. The van der Waals surface area contributed by atoms with E-state index < -0.39 is 0 Å². The van der Waals surface area contributed by atoms with E-state index in [1.54, 1.807) is 18.2 Å². The van der Waals surface area contributed by atoms with Crippen molar-refractivity contribution < 1.29 is 9.53 Å². The first kappa shape index (κ1) is 22.5. The summed E-state index contributed by atoms with van der Waals surface area (Å²) in [5.74, 6) is 1.38. The number of anilines is 1. The molecule has 0 aliphatic carbocycles. The van der Waals surface area contributed by atoms with Crippen molar-refractivity contribution in [2.75, 3.05) is 11.1 Å². The molecule has 6 nitrogen and oxygen atoms in total. The van der Waals surface area contributed by atoms with Crippen LogP contribution >= 0.6 is 35.0 Å². The van der Waals surface area contributed by atoms with Gasteiger partial charge < -0.3 is 14.6 Å². The summed E-state index contributed by atoms with van der Waals surface area (Å²) in [4.78, 5) is 12.3. The van der Waals surface area contributed by atoms with Crippen LogP contribution in [0.25, 0.3) is 0 Å². The molecular weight excluding hydrogens is 443 g/mol. The van der Waals surface area contributed by atoms with Crippen molar-refractivity contribution in [3.63, 3.8) is 0 Å². The summed E-state index contributed by atoms with van der Waals surface area (Å²) in [5, 5.41) is 12.6.